The van der Waals surface area contributed by atoms with Gasteiger partial charge in [0.25, 0.3) is 0 Å². The van der Waals surface area contributed by atoms with Crippen molar-refractivity contribution in [3.05, 3.63) is 30.2 Å². The fraction of sp³-hybridized carbons (Fsp3) is 0.529. The first kappa shape index (κ1) is 16.0. The number of hydrogen-bond donors (Lipinski definition) is 1. The molecule has 6 heteroatoms. The Bertz CT molecular complexity index is 644. The highest BCUT2D eigenvalue weighted by Gasteiger charge is 2.29. The van der Waals surface area contributed by atoms with Crippen LogP contribution in [0.4, 0.5) is 0 Å². The zero-order valence-electron chi connectivity index (χ0n) is 13.6. The highest BCUT2D eigenvalue weighted by atomic mass is 16.5. The number of aliphatic hydroxyl groups excluding tert-OH is 1. The number of methoxy groups -OCH3 is 1. The summed E-state index contributed by atoms with van der Waals surface area (Å²) in [5.41, 5.74) is 0.815. The fourth-order valence-corrected chi connectivity index (χ4v) is 3.26. The fourth-order valence-electron chi connectivity index (χ4n) is 3.26. The van der Waals surface area contributed by atoms with Crippen molar-refractivity contribution in [1.82, 2.24) is 15.0 Å². The van der Waals surface area contributed by atoms with Crippen LogP contribution in [0.3, 0.4) is 0 Å². The third-order valence-corrected chi connectivity index (χ3v) is 4.57. The maximum Gasteiger partial charge on any atom is 0.241 e. The average molecular weight is 317 g/mol. The zero-order valence-corrected chi connectivity index (χ0v) is 13.6. The second-order valence-corrected chi connectivity index (χ2v) is 6.05. The van der Waals surface area contributed by atoms with Crippen LogP contribution in [-0.4, -0.2) is 46.5 Å². The molecule has 1 aliphatic rings. The van der Waals surface area contributed by atoms with Crippen LogP contribution in [-0.2, 0) is 6.54 Å². The average Bonchev–Trinajstić information content (AvgIpc) is 3.03. The van der Waals surface area contributed by atoms with E-state index in [1.54, 1.807) is 7.11 Å². The molecule has 124 valence electrons. The van der Waals surface area contributed by atoms with Gasteiger partial charge in [0.05, 0.1) is 25.8 Å². The predicted octanol–water partition coefficient (Wildman–Crippen LogP) is 2.34. The molecule has 0 radical (unpaired) electrons. The lowest BCUT2D eigenvalue weighted by Gasteiger charge is -2.38. The summed E-state index contributed by atoms with van der Waals surface area (Å²) < 4.78 is 10.8. The van der Waals surface area contributed by atoms with E-state index >= 15 is 0 Å². The zero-order chi connectivity index (χ0) is 16.2. The molecule has 0 amide bonds. The molecule has 0 bridgehead atoms. The molecule has 1 aromatic carbocycles. The van der Waals surface area contributed by atoms with Gasteiger partial charge >= 0.3 is 0 Å². The molecule has 2 unspecified atom stereocenters. The normalized spacial score (nSPS) is 22.2. The van der Waals surface area contributed by atoms with Gasteiger partial charge in [0.1, 0.15) is 5.75 Å². The number of ether oxygens (including phenoxy) is 1. The Hall–Kier alpha value is -1.92. The first-order chi connectivity index (χ1) is 11.2. The first-order valence-electron chi connectivity index (χ1n) is 8.03. The van der Waals surface area contributed by atoms with Crippen LogP contribution in [0.25, 0.3) is 11.4 Å². The van der Waals surface area contributed by atoms with Crippen molar-refractivity contribution in [2.45, 2.75) is 32.4 Å². The number of aliphatic hydroxyl groups is 1. The Balaban J connectivity index is 1.77. The molecule has 1 aromatic heterocycles. The Morgan fingerprint density at radius 1 is 1.39 bits per heavy atom. The Morgan fingerprint density at radius 3 is 3.00 bits per heavy atom. The molecular formula is C17H23N3O3. The molecule has 1 N–H and O–H groups in total. The lowest BCUT2D eigenvalue weighted by molar-refractivity contribution is 0.0400. The van der Waals surface area contributed by atoms with Crippen molar-refractivity contribution in [1.29, 1.82) is 0 Å². The number of hydrogen-bond acceptors (Lipinski definition) is 6. The molecule has 2 aromatic rings. The second-order valence-electron chi connectivity index (χ2n) is 6.05. The van der Waals surface area contributed by atoms with Gasteiger partial charge in [0.15, 0.2) is 0 Å². The van der Waals surface area contributed by atoms with Gasteiger partial charge in [0.2, 0.25) is 11.7 Å². The van der Waals surface area contributed by atoms with E-state index in [1.807, 2.05) is 24.3 Å². The van der Waals surface area contributed by atoms with Crippen LogP contribution in [0.5, 0.6) is 5.75 Å². The van der Waals surface area contributed by atoms with Crippen LogP contribution in [0.15, 0.2) is 28.8 Å². The summed E-state index contributed by atoms with van der Waals surface area (Å²) in [6.07, 6.45) is 2.28. The molecule has 6 nitrogen and oxygen atoms in total. The van der Waals surface area contributed by atoms with Gasteiger partial charge in [-0.25, -0.2) is 0 Å². The van der Waals surface area contributed by atoms with Gasteiger partial charge in [-0.2, -0.15) is 4.98 Å². The van der Waals surface area contributed by atoms with E-state index in [2.05, 4.69) is 22.0 Å². The summed E-state index contributed by atoms with van der Waals surface area (Å²) in [7, 11) is 1.63. The summed E-state index contributed by atoms with van der Waals surface area (Å²) in [6.45, 7) is 3.86. The number of piperidine rings is 1. The van der Waals surface area contributed by atoms with E-state index < -0.39 is 0 Å². The van der Waals surface area contributed by atoms with Crippen molar-refractivity contribution in [3.63, 3.8) is 0 Å². The number of likely N-dealkylation sites (tertiary alicyclic amines) is 1. The van der Waals surface area contributed by atoms with Gasteiger partial charge in [-0.3, -0.25) is 4.90 Å². The third-order valence-electron chi connectivity index (χ3n) is 4.57. The highest BCUT2D eigenvalue weighted by molar-refractivity contribution is 5.63. The van der Waals surface area contributed by atoms with E-state index in [0.717, 1.165) is 30.7 Å². The van der Waals surface area contributed by atoms with Gasteiger partial charge in [0, 0.05) is 6.04 Å². The largest absolute Gasteiger partial charge is 0.496 e. The van der Waals surface area contributed by atoms with Gasteiger partial charge in [-0.15, -0.1) is 0 Å². The molecule has 2 heterocycles. The topological polar surface area (TPSA) is 71.6 Å². The van der Waals surface area contributed by atoms with Crippen LogP contribution < -0.4 is 4.74 Å². The SMILES string of the molecule is COc1ccccc1-c1noc(CN2CCCC(C)C2CO)n1. The molecule has 2 atom stereocenters. The smallest absolute Gasteiger partial charge is 0.241 e. The number of benzene rings is 1. The van der Waals surface area contributed by atoms with Gasteiger partial charge in [-0.05, 0) is 37.4 Å². The number of nitrogens with zero attached hydrogens (tertiary/aromatic N) is 3. The maximum absolute atomic E-state index is 9.64. The van der Waals surface area contributed by atoms with Crippen LogP contribution in [0, 0.1) is 5.92 Å². The monoisotopic (exact) mass is 317 g/mol. The quantitative estimate of drug-likeness (QED) is 0.912. The van der Waals surface area contributed by atoms with E-state index in [4.69, 9.17) is 9.26 Å². The van der Waals surface area contributed by atoms with Crippen molar-refractivity contribution < 1.29 is 14.4 Å². The van der Waals surface area contributed by atoms with Crippen LogP contribution in [0.1, 0.15) is 25.7 Å². The summed E-state index contributed by atoms with van der Waals surface area (Å²) in [6, 6.07) is 7.77. The minimum Gasteiger partial charge on any atom is -0.496 e. The molecule has 0 saturated carbocycles. The van der Waals surface area contributed by atoms with Crippen molar-refractivity contribution >= 4 is 0 Å². The van der Waals surface area contributed by atoms with Gasteiger partial charge in [-0.1, -0.05) is 24.2 Å². The Kier molecular flexibility index (Phi) is 4.93. The molecule has 3 rings (SSSR count). The molecule has 1 aliphatic heterocycles. The standard InChI is InChI=1S/C17H23N3O3/c1-12-6-5-9-20(14(12)11-21)10-16-18-17(19-23-16)13-7-3-4-8-15(13)22-2/h3-4,7-8,12,14,21H,5-6,9-11H2,1-2H3. The minimum atomic E-state index is 0.158. The van der Waals surface area contributed by atoms with Crippen LogP contribution >= 0.6 is 0 Å². The first-order valence-corrected chi connectivity index (χ1v) is 8.03. The van der Waals surface area contributed by atoms with E-state index in [0.29, 0.717) is 24.2 Å². The molecule has 1 saturated heterocycles. The summed E-state index contributed by atoms with van der Waals surface area (Å²) in [5.74, 6) is 2.30. The molecule has 0 aliphatic carbocycles. The maximum atomic E-state index is 9.64. The Morgan fingerprint density at radius 2 is 2.22 bits per heavy atom. The molecule has 1 fully saturated rings. The van der Waals surface area contributed by atoms with Gasteiger partial charge < -0.3 is 14.4 Å². The summed E-state index contributed by atoms with van der Waals surface area (Å²) in [4.78, 5) is 6.73. The minimum absolute atomic E-state index is 0.158. The highest BCUT2D eigenvalue weighted by Crippen LogP contribution is 2.28. The molecule has 0 spiro atoms. The Labute approximate surface area is 136 Å². The van der Waals surface area contributed by atoms with E-state index in [9.17, 15) is 5.11 Å². The van der Waals surface area contributed by atoms with Crippen molar-refractivity contribution in [3.8, 4) is 17.1 Å². The van der Waals surface area contributed by atoms with Crippen molar-refractivity contribution in [2.24, 2.45) is 5.92 Å². The van der Waals surface area contributed by atoms with Crippen LogP contribution in [0.2, 0.25) is 0 Å². The third kappa shape index (κ3) is 3.38. The number of rotatable bonds is 5. The van der Waals surface area contributed by atoms with Crippen molar-refractivity contribution in [2.75, 3.05) is 20.3 Å². The molecule has 23 heavy (non-hydrogen) atoms. The number of aromatic nitrogens is 2. The lowest BCUT2D eigenvalue weighted by Crippen LogP contribution is -2.46. The molecular weight excluding hydrogens is 294 g/mol. The summed E-state index contributed by atoms with van der Waals surface area (Å²) >= 11 is 0. The lowest BCUT2D eigenvalue weighted by atomic mass is 9.91. The second kappa shape index (κ2) is 7.10. The predicted molar refractivity (Wildman–Crippen MR) is 86.0 cm³/mol. The van der Waals surface area contributed by atoms with E-state index in [1.165, 1.54) is 0 Å². The number of para-hydroxylation sites is 1. The van der Waals surface area contributed by atoms with E-state index in [-0.39, 0.29) is 12.6 Å². The summed E-state index contributed by atoms with van der Waals surface area (Å²) in [5, 5.41) is 13.7.